The number of hydrogen-bond acceptors (Lipinski definition) is 2. The molecule has 0 saturated carbocycles. The first-order chi connectivity index (χ1) is 7.36. The molecule has 1 heterocycles. The zero-order chi connectivity index (χ0) is 12.0. The summed E-state index contributed by atoms with van der Waals surface area (Å²) in [6.07, 6.45) is -0.161. The molecule has 16 heavy (non-hydrogen) atoms. The fourth-order valence-electron chi connectivity index (χ4n) is 2.16. The van der Waals surface area contributed by atoms with E-state index in [2.05, 4.69) is 19.2 Å². The summed E-state index contributed by atoms with van der Waals surface area (Å²) in [4.78, 5) is 0. The van der Waals surface area contributed by atoms with Crippen LogP contribution >= 0.6 is 0 Å². The molecule has 1 fully saturated rings. The first kappa shape index (κ1) is 11.6. The van der Waals surface area contributed by atoms with Crippen molar-refractivity contribution in [2.75, 3.05) is 0 Å². The molecule has 2 unspecified atom stereocenters. The molecule has 1 saturated heterocycles. The van der Waals surface area contributed by atoms with E-state index in [4.69, 9.17) is 0 Å². The van der Waals surface area contributed by atoms with Crippen LogP contribution in [-0.4, -0.2) is 11.1 Å². The quantitative estimate of drug-likeness (QED) is 0.699. The van der Waals surface area contributed by atoms with Crippen molar-refractivity contribution >= 4 is 0 Å². The van der Waals surface area contributed by atoms with Crippen LogP contribution in [0.5, 0.6) is 0 Å². The van der Waals surface area contributed by atoms with Gasteiger partial charge >= 0.3 is 0 Å². The van der Waals surface area contributed by atoms with Gasteiger partial charge in [-0.05, 0) is 27.7 Å². The standard InChI is InChI=1S/C13H20N2O/c1-12(2)13(3,4)15(16)11(14-12)10-8-6-5-7-9-10/h5-9,11,14-15H,1-4H3. The van der Waals surface area contributed by atoms with Gasteiger partial charge in [-0.2, -0.15) is 0 Å². The van der Waals surface area contributed by atoms with E-state index in [1.54, 1.807) is 0 Å². The molecule has 2 rings (SSSR count). The zero-order valence-electron chi connectivity index (χ0n) is 10.4. The molecule has 2 N–H and O–H groups in total. The zero-order valence-corrected chi connectivity index (χ0v) is 10.4. The number of nitrogens with one attached hydrogen (secondary N) is 2. The highest BCUT2D eigenvalue weighted by atomic mass is 16.5. The summed E-state index contributed by atoms with van der Waals surface area (Å²) in [5.74, 6) is 0. The lowest BCUT2D eigenvalue weighted by atomic mass is 9.84. The first-order valence-electron chi connectivity index (χ1n) is 5.73. The van der Waals surface area contributed by atoms with Crippen LogP contribution in [-0.2, 0) is 0 Å². The Labute approximate surface area is 97.0 Å². The predicted octanol–water partition coefficient (Wildman–Crippen LogP) is 1.23. The van der Waals surface area contributed by atoms with E-state index in [0.29, 0.717) is 0 Å². The lowest BCUT2D eigenvalue weighted by Crippen LogP contribution is -3.14. The van der Waals surface area contributed by atoms with E-state index in [-0.39, 0.29) is 22.3 Å². The van der Waals surface area contributed by atoms with E-state index >= 15 is 0 Å². The van der Waals surface area contributed by atoms with E-state index in [0.717, 1.165) is 5.56 Å². The molecular weight excluding hydrogens is 200 g/mol. The van der Waals surface area contributed by atoms with Gasteiger partial charge in [0.15, 0.2) is 6.17 Å². The second-order valence-electron chi connectivity index (χ2n) is 5.60. The minimum Gasteiger partial charge on any atom is -0.632 e. The highest BCUT2D eigenvalue weighted by Crippen LogP contribution is 2.28. The topological polar surface area (TPSA) is 39.5 Å². The van der Waals surface area contributed by atoms with Crippen LogP contribution in [0, 0.1) is 5.21 Å². The van der Waals surface area contributed by atoms with Gasteiger partial charge in [0.1, 0.15) is 5.54 Å². The van der Waals surface area contributed by atoms with Gasteiger partial charge in [0, 0.05) is 5.56 Å². The lowest BCUT2D eigenvalue weighted by molar-refractivity contribution is -0.919. The van der Waals surface area contributed by atoms with Crippen LogP contribution in [0.2, 0.25) is 0 Å². The molecule has 3 heteroatoms. The van der Waals surface area contributed by atoms with Crippen molar-refractivity contribution < 1.29 is 5.06 Å². The van der Waals surface area contributed by atoms with Gasteiger partial charge < -0.3 is 10.3 Å². The molecule has 0 radical (unpaired) electrons. The summed E-state index contributed by atoms with van der Waals surface area (Å²) in [5.41, 5.74) is 0.573. The Bertz CT molecular complexity index is 373. The molecule has 0 bridgehead atoms. The van der Waals surface area contributed by atoms with Crippen molar-refractivity contribution in [3.8, 4) is 0 Å². The summed E-state index contributed by atoms with van der Waals surface area (Å²) >= 11 is 0. The summed E-state index contributed by atoms with van der Waals surface area (Å²) < 4.78 is 0. The third-order valence-electron chi connectivity index (χ3n) is 4.08. The molecule has 1 aliphatic rings. The molecule has 0 aliphatic carbocycles. The summed E-state index contributed by atoms with van der Waals surface area (Å²) in [7, 11) is 0. The number of benzene rings is 1. The normalized spacial score (nSPS) is 31.6. The van der Waals surface area contributed by atoms with Crippen molar-refractivity contribution in [3.63, 3.8) is 0 Å². The van der Waals surface area contributed by atoms with E-state index in [1.807, 2.05) is 44.2 Å². The van der Waals surface area contributed by atoms with Crippen molar-refractivity contribution in [2.45, 2.75) is 44.9 Å². The molecule has 0 spiro atoms. The van der Waals surface area contributed by atoms with Gasteiger partial charge in [-0.1, -0.05) is 30.3 Å². The molecule has 88 valence electrons. The average molecular weight is 220 g/mol. The van der Waals surface area contributed by atoms with Crippen LogP contribution in [0.25, 0.3) is 0 Å². The molecule has 1 aromatic carbocycles. The van der Waals surface area contributed by atoms with Crippen molar-refractivity contribution in [1.29, 1.82) is 0 Å². The fourth-order valence-corrected chi connectivity index (χ4v) is 2.16. The first-order valence-corrected chi connectivity index (χ1v) is 5.73. The highest BCUT2D eigenvalue weighted by Gasteiger charge is 2.53. The van der Waals surface area contributed by atoms with Gasteiger partial charge in [0.05, 0.1) is 5.54 Å². The number of hydroxylamine groups is 2. The molecule has 1 aliphatic heterocycles. The third kappa shape index (κ3) is 1.56. The lowest BCUT2D eigenvalue weighted by Gasteiger charge is -2.39. The van der Waals surface area contributed by atoms with E-state index < -0.39 is 0 Å². The fraction of sp³-hybridized carbons (Fsp3) is 0.538. The Kier molecular flexibility index (Phi) is 2.57. The maximum Gasteiger partial charge on any atom is 0.168 e. The number of hydrogen-bond donors (Lipinski definition) is 2. The Morgan fingerprint density at radius 2 is 1.69 bits per heavy atom. The Morgan fingerprint density at radius 3 is 2.12 bits per heavy atom. The van der Waals surface area contributed by atoms with Crippen molar-refractivity contribution in [3.05, 3.63) is 41.1 Å². The Hall–Kier alpha value is -0.900. The monoisotopic (exact) mass is 220 g/mol. The third-order valence-corrected chi connectivity index (χ3v) is 4.08. The van der Waals surface area contributed by atoms with Crippen LogP contribution in [0.1, 0.15) is 39.4 Å². The van der Waals surface area contributed by atoms with Crippen LogP contribution in [0.3, 0.4) is 0 Å². The van der Waals surface area contributed by atoms with E-state index in [9.17, 15) is 5.21 Å². The predicted molar refractivity (Wildman–Crippen MR) is 64.8 cm³/mol. The molecule has 0 amide bonds. The van der Waals surface area contributed by atoms with Crippen molar-refractivity contribution in [2.24, 2.45) is 0 Å². The summed E-state index contributed by atoms with van der Waals surface area (Å²) in [6.45, 7) is 8.22. The van der Waals surface area contributed by atoms with Gasteiger partial charge in [-0.15, -0.1) is 0 Å². The molecule has 1 aromatic rings. The Balaban J connectivity index is 2.35. The number of rotatable bonds is 1. The van der Waals surface area contributed by atoms with Gasteiger partial charge in [0.2, 0.25) is 0 Å². The minimum atomic E-state index is -0.326. The maximum atomic E-state index is 12.4. The van der Waals surface area contributed by atoms with E-state index in [1.165, 1.54) is 0 Å². The number of quaternary nitrogens is 1. The van der Waals surface area contributed by atoms with Crippen LogP contribution < -0.4 is 10.4 Å². The molecule has 2 atom stereocenters. The van der Waals surface area contributed by atoms with Crippen LogP contribution in [0.4, 0.5) is 0 Å². The van der Waals surface area contributed by atoms with Crippen LogP contribution in [0.15, 0.2) is 30.3 Å². The summed E-state index contributed by atoms with van der Waals surface area (Å²) in [6, 6.07) is 9.94. The second-order valence-corrected chi connectivity index (χ2v) is 5.60. The molecule has 3 nitrogen and oxygen atoms in total. The van der Waals surface area contributed by atoms with Gasteiger partial charge in [0.25, 0.3) is 0 Å². The molecular formula is C13H20N2O. The summed E-state index contributed by atoms with van der Waals surface area (Å²) in [5, 5.41) is 16.1. The smallest absolute Gasteiger partial charge is 0.168 e. The highest BCUT2D eigenvalue weighted by molar-refractivity contribution is 5.19. The molecule has 0 aromatic heterocycles. The minimum absolute atomic E-state index is 0.161. The second kappa shape index (κ2) is 3.55. The van der Waals surface area contributed by atoms with Gasteiger partial charge in [-0.3, -0.25) is 5.32 Å². The van der Waals surface area contributed by atoms with Crippen molar-refractivity contribution in [1.82, 2.24) is 5.32 Å². The largest absolute Gasteiger partial charge is 0.632 e. The van der Waals surface area contributed by atoms with Gasteiger partial charge in [-0.25, -0.2) is 0 Å². The maximum absolute atomic E-state index is 12.4. The average Bonchev–Trinajstić information content (AvgIpc) is 2.40. The Morgan fingerprint density at radius 1 is 1.12 bits per heavy atom. The SMILES string of the molecule is CC1(C)NC(c2ccccc2)[NH+]([O-])C1(C)C.